The topological polar surface area (TPSA) is 0 Å². The summed E-state index contributed by atoms with van der Waals surface area (Å²) in [7, 11) is 0. The van der Waals surface area contributed by atoms with Crippen molar-refractivity contribution in [2.75, 3.05) is 0 Å². The van der Waals surface area contributed by atoms with E-state index in [1.807, 2.05) is 0 Å². The van der Waals surface area contributed by atoms with Crippen LogP contribution < -0.4 is 0 Å². The molecule has 0 N–H and O–H groups in total. The standard InChI is InChI=1S/5C22H20.2C16H16/c1-15-7-6-8-16(13-15)17-11-12-19-18-9-4-5-10-20(18)22(2,3)21(19)14-17;1-15-8-7-11-19-18-13-12-17(16-9-5-4-6-10-16)14-20(18)22(2,3)21(15)19;1-15-8-10-16(11-9-15)17-12-13-19-18-6-4-5-7-20(18)22(2,3)21(19)14-17;1-15-9-12-20-19(13-15)18-11-10-17(14-21(18)22(20,2)3)16-7-5-4-6-8-16;1-15-9-11-18-19-12-10-17(16-7-5-4-6-8-16)14-21(19)22(2,3)20(18)13-15;1-11-7-6-9-13-12-8-4-5-10-14(12)16(2,3)15(11)13;1-11-7-6-10-14-15(11)12-8-4-5-9-13(12)16(14,2)3/h5*4-14H,1-3H3;2*4-10H,1-3H3. The molecule has 19 aromatic carbocycles. The first-order chi connectivity index (χ1) is 68.1. The van der Waals surface area contributed by atoms with Gasteiger partial charge in [-0.15, -0.1) is 0 Å². The summed E-state index contributed by atoms with van der Waals surface area (Å²) in [6, 6.07) is 153. The van der Waals surface area contributed by atoms with Gasteiger partial charge in [0.25, 0.3) is 0 Å². The Morgan fingerprint density at radius 2 is 0.352 bits per heavy atom. The first-order valence-corrected chi connectivity index (χ1v) is 51.1. The van der Waals surface area contributed by atoms with Gasteiger partial charge < -0.3 is 0 Å². The second-order valence-electron chi connectivity index (χ2n) is 44.3. The Morgan fingerprint density at radius 1 is 0.120 bits per heavy atom. The molecule has 700 valence electrons. The Labute approximate surface area is 846 Å². The molecule has 142 heavy (non-hydrogen) atoms. The van der Waals surface area contributed by atoms with E-state index in [9.17, 15) is 0 Å². The molecule has 0 spiro atoms. The normalized spacial score (nSPS) is 14.8. The van der Waals surface area contributed by atoms with Gasteiger partial charge in [0.05, 0.1) is 0 Å². The molecular formula is C142H132. The summed E-state index contributed by atoms with van der Waals surface area (Å²) >= 11 is 0. The zero-order valence-corrected chi connectivity index (χ0v) is 86.8. The third-order valence-electron chi connectivity index (χ3n) is 32.4. The van der Waals surface area contributed by atoms with Gasteiger partial charge in [-0.25, -0.2) is 0 Å². The molecule has 0 aliphatic heterocycles. The number of rotatable bonds is 5. The van der Waals surface area contributed by atoms with Gasteiger partial charge in [0, 0.05) is 37.9 Å². The van der Waals surface area contributed by atoms with Gasteiger partial charge >= 0.3 is 0 Å². The smallest absolute Gasteiger partial charge is 0.0161 e. The Balaban J connectivity index is 0.000000102. The van der Waals surface area contributed by atoms with Crippen LogP contribution in [0.5, 0.6) is 0 Å². The fourth-order valence-corrected chi connectivity index (χ4v) is 24.7. The summed E-state index contributed by atoms with van der Waals surface area (Å²) in [4.78, 5) is 0. The molecule has 0 fully saturated rings. The van der Waals surface area contributed by atoms with E-state index in [1.54, 1.807) is 0 Å². The molecule has 0 aromatic heterocycles. The fourth-order valence-electron chi connectivity index (χ4n) is 24.7. The number of hydrogen-bond acceptors (Lipinski definition) is 0. The van der Waals surface area contributed by atoms with Crippen molar-refractivity contribution in [3.8, 4) is 134 Å². The molecule has 7 aliphatic rings. The second kappa shape index (κ2) is 37.0. The van der Waals surface area contributed by atoms with Crippen molar-refractivity contribution >= 4 is 0 Å². The molecular weight excluding hydrogens is 1710 g/mol. The largest absolute Gasteiger partial charge is 0.0622 e. The van der Waals surface area contributed by atoms with Gasteiger partial charge in [0.2, 0.25) is 0 Å². The van der Waals surface area contributed by atoms with Gasteiger partial charge in [-0.3, -0.25) is 0 Å². The minimum absolute atomic E-state index is 0.0702. The van der Waals surface area contributed by atoms with Crippen LogP contribution in [0.1, 0.15) is 214 Å². The summed E-state index contributed by atoms with van der Waals surface area (Å²) in [6.45, 7) is 47.9. The van der Waals surface area contributed by atoms with E-state index in [-0.39, 0.29) is 37.9 Å². The van der Waals surface area contributed by atoms with Crippen LogP contribution >= 0.6 is 0 Å². The van der Waals surface area contributed by atoms with E-state index in [0.717, 1.165) is 0 Å². The SMILES string of the molecule is Cc1ccc(-c2ccc3c(c2)C(C)(C)c2ccccc2-3)cc1.Cc1ccc2c(c1)-c1ccc(-c3ccccc3)cc1C2(C)C.Cc1ccc2c(c1)C(C)(C)c1cc(-c3ccccc3)ccc1-2.Cc1cccc(-c2ccc3c(c2)C(C)(C)c2ccccc2-3)c1.Cc1cccc2c1-c1ccccc1C2(C)C.Cc1cccc2c1C(C)(C)c1cc(-c3ccccc3)ccc1-2.Cc1cccc2c1C(C)(C)c1ccccc1-2. The van der Waals surface area contributed by atoms with Crippen molar-refractivity contribution in [1.82, 2.24) is 0 Å². The molecule has 0 heteroatoms. The zero-order valence-electron chi connectivity index (χ0n) is 86.8. The molecule has 0 heterocycles. The zero-order chi connectivity index (χ0) is 99.3. The van der Waals surface area contributed by atoms with Crippen LogP contribution in [0, 0.1) is 48.5 Å². The molecule has 0 bridgehead atoms. The molecule has 0 amide bonds. The highest BCUT2D eigenvalue weighted by Gasteiger charge is 2.43. The third-order valence-corrected chi connectivity index (χ3v) is 32.4. The lowest BCUT2D eigenvalue weighted by Crippen LogP contribution is -2.16. The van der Waals surface area contributed by atoms with Gasteiger partial charge in [-0.2, -0.15) is 0 Å². The summed E-state index contributed by atoms with van der Waals surface area (Å²) in [6.07, 6.45) is 0. The Kier molecular flexibility index (Phi) is 24.7. The molecule has 26 rings (SSSR count). The van der Waals surface area contributed by atoms with Crippen molar-refractivity contribution in [2.24, 2.45) is 0 Å². The Hall–Kier alpha value is -14.8. The summed E-state index contributed by atoms with van der Waals surface area (Å²) in [5.41, 5.74) is 63.0. The second-order valence-corrected chi connectivity index (χ2v) is 44.3. The lowest BCUT2D eigenvalue weighted by Gasteiger charge is -2.23. The van der Waals surface area contributed by atoms with Crippen LogP contribution in [-0.2, 0) is 37.9 Å². The third kappa shape index (κ3) is 16.9. The summed E-state index contributed by atoms with van der Waals surface area (Å²) < 4.78 is 0. The van der Waals surface area contributed by atoms with E-state index in [2.05, 4.69) is 564 Å². The fraction of sp³-hybridized carbons (Fsp3) is 0.197. The Bertz CT molecular complexity index is 8060. The van der Waals surface area contributed by atoms with Crippen molar-refractivity contribution in [3.05, 3.63) is 535 Å². The van der Waals surface area contributed by atoms with Gasteiger partial charge in [-0.05, 0) is 307 Å². The lowest BCUT2D eigenvalue weighted by atomic mass is 9.80. The predicted molar refractivity (Wildman–Crippen MR) is 608 cm³/mol. The van der Waals surface area contributed by atoms with Crippen molar-refractivity contribution < 1.29 is 0 Å². The number of benzene rings is 19. The van der Waals surface area contributed by atoms with Crippen LogP contribution in [0.2, 0.25) is 0 Å². The molecule has 0 saturated heterocycles. The molecule has 0 atom stereocenters. The number of fused-ring (bicyclic) bond motifs is 21. The lowest BCUT2D eigenvalue weighted by molar-refractivity contribution is 0.655. The van der Waals surface area contributed by atoms with E-state index < -0.39 is 0 Å². The van der Waals surface area contributed by atoms with Crippen LogP contribution in [0.4, 0.5) is 0 Å². The molecule has 0 nitrogen and oxygen atoms in total. The molecule has 0 saturated carbocycles. The molecule has 0 radical (unpaired) electrons. The van der Waals surface area contributed by atoms with E-state index in [4.69, 9.17) is 0 Å². The quantitative estimate of drug-likeness (QED) is 0.161. The highest BCUT2D eigenvalue weighted by atomic mass is 14.5. The first kappa shape index (κ1) is 94.8. The molecule has 7 aliphatic carbocycles. The predicted octanol–water partition coefficient (Wildman–Crippen LogP) is 38.4. The van der Waals surface area contributed by atoms with Crippen molar-refractivity contribution in [3.63, 3.8) is 0 Å². The van der Waals surface area contributed by atoms with Crippen molar-refractivity contribution in [2.45, 2.75) is 183 Å². The van der Waals surface area contributed by atoms with Crippen LogP contribution in [0.25, 0.3) is 134 Å². The van der Waals surface area contributed by atoms with Crippen LogP contribution in [0.3, 0.4) is 0 Å². The van der Waals surface area contributed by atoms with Crippen molar-refractivity contribution in [1.29, 1.82) is 0 Å². The highest BCUT2D eigenvalue weighted by molar-refractivity contribution is 5.91. The average molecular weight is 1840 g/mol. The summed E-state index contributed by atoms with van der Waals surface area (Å²) in [5, 5.41) is 0. The maximum absolute atomic E-state index is 2.38. The average Bonchev–Trinajstić information content (AvgIpc) is 1.55. The monoisotopic (exact) mass is 1840 g/mol. The molecule has 0 unspecified atom stereocenters. The highest BCUT2D eigenvalue weighted by Crippen LogP contribution is 2.58. The molecule has 19 aromatic rings. The van der Waals surface area contributed by atoms with E-state index in [0.29, 0.717) is 0 Å². The van der Waals surface area contributed by atoms with Gasteiger partial charge in [-0.1, -0.05) is 507 Å². The van der Waals surface area contributed by atoms with Gasteiger partial charge in [0.1, 0.15) is 0 Å². The number of hydrogen-bond donors (Lipinski definition) is 0. The van der Waals surface area contributed by atoms with E-state index in [1.165, 1.54) is 250 Å². The number of aryl methyl sites for hydroxylation is 7. The van der Waals surface area contributed by atoms with E-state index >= 15 is 0 Å². The summed E-state index contributed by atoms with van der Waals surface area (Å²) in [5.74, 6) is 0. The van der Waals surface area contributed by atoms with Crippen LogP contribution in [-0.4, -0.2) is 0 Å². The van der Waals surface area contributed by atoms with Crippen LogP contribution in [0.15, 0.2) is 419 Å². The maximum atomic E-state index is 2.38. The first-order valence-electron chi connectivity index (χ1n) is 51.1. The Morgan fingerprint density at radius 3 is 0.789 bits per heavy atom. The van der Waals surface area contributed by atoms with Gasteiger partial charge in [0.15, 0.2) is 0 Å². The maximum Gasteiger partial charge on any atom is 0.0161 e. The minimum Gasteiger partial charge on any atom is -0.0622 e. The minimum atomic E-state index is 0.0702.